The van der Waals surface area contributed by atoms with Crippen LogP contribution in [0.2, 0.25) is 5.02 Å². The van der Waals surface area contributed by atoms with Gasteiger partial charge >= 0.3 is 0 Å². The first-order valence-electron chi connectivity index (χ1n) is 5.82. The molecule has 0 spiro atoms. The molecule has 4 heteroatoms. The monoisotopic (exact) mass is 255 g/mol. The van der Waals surface area contributed by atoms with Crippen LogP contribution in [0.15, 0.2) is 18.2 Å². The van der Waals surface area contributed by atoms with Crippen molar-refractivity contribution in [2.24, 2.45) is 5.73 Å². The van der Waals surface area contributed by atoms with E-state index in [1.165, 1.54) is 0 Å². The second kappa shape index (κ2) is 5.25. The van der Waals surface area contributed by atoms with Crippen LogP contribution in [0.5, 0.6) is 5.75 Å². The summed E-state index contributed by atoms with van der Waals surface area (Å²) in [5, 5.41) is 0.709. The molecule has 1 aliphatic heterocycles. The third-order valence-electron chi connectivity index (χ3n) is 3.14. The lowest BCUT2D eigenvalue weighted by molar-refractivity contribution is 0.0380. The maximum absolute atomic E-state index is 6.34. The number of benzene rings is 1. The largest absolute Gasteiger partial charge is 0.496 e. The molecule has 1 aromatic rings. The Morgan fingerprint density at radius 3 is 3.00 bits per heavy atom. The molecule has 3 nitrogen and oxygen atoms in total. The number of ether oxygens (including phenoxy) is 2. The lowest BCUT2D eigenvalue weighted by Crippen LogP contribution is -2.49. The quantitative estimate of drug-likeness (QED) is 0.902. The molecule has 2 rings (SSSR count). The maximum atomic E-state index is 6.34. The number of hydrogen-bond acceptors (Lipinski definition) is 3. The van der Waals surface area contributed by atoms with Crippen LogP contribution < -0.4 is 10.5 Å². The molecule has 0 saturated carbocycles. The molecule has 0 amide bonds. The maximum Gasteiger partial charge on any atom is 0.122 e. The van der Waals surface area contributed by atoms with Crippen LogP contribution in [0, 0.1) is 0 Å². The van der Waals surface area contributed by atoms with Gasteiger partial charge in [-0.1, -0.05) is 11.6 Å². The van der Waals surface area contributed by atoms with Crippen LogP contribution in [0.25, 0.3) is 0 Å². The minimum atomic E-state index is -0.295. The highest BCUT2D eigenvalue weighted by molar-refractivity contribution is 6.30. The van der Waals surface area contributed by atoms with Crippen LogP contribution in [-0.2, 0) is 11.2 Å². The number of halogens is 1. The molecule has 1 aliphatic rings. The average Bonchev–Trinajstić information content (AvgIpc) is 2.29. The third kappa shape index (κ3) is 3.12. The summed E-state index contributed by atoms with van der Waals surface area (Å²) in [4.78, 5) is 0. The molecular weight excluding hydrogens is 238 g/mol. The van der Waals surface area contributed by atoms with Gasteiger partial charge in [-0.15, -0.1) is 0 Å². The molecule has 0 aromatic heterocycles. The van der Waals surface area contributed by atoms with Gasteiger partial charge in [0, 0.05) is 17.2 Å². The van der Waals surface area contributed by atoms with E-state index in [4.69, 9.17) is 26.8 Å². The summed E-state index contributed by atoms with van der Waals surface area (Å²) in [7, 11) is 1.66. The Morgan fingerprint density at radius 2 is 2.35 bits per heavy atom. The van der Waals surface area contributed by atoms with Crippen molar-refractivity contribution in [2.75, 3.05) is 20.3 Å². The number of hydrogen-bond donors (Lipinski definition) is 1. The van der Waals surface area contributed by atoms with E-state index in [-0.39, 0.29) is 5.54 Å². The molecule has 1 saturated heterocycles. The van der Waals surface area contributed by atoms with E-state index >= 15 is 0 Å². The van der Waals surface area contributed by atoms with Crippen LogP contribution in [0.3, 0.4) is 0 Å². The van der Waals surface area contributed by atoms with Gasteiger partial charge in [0.2, 0.25) is 0 Å². The molecular formula is C13H18ClNO2. The molecule has 94 valence electrons. The summed E-state index contributed by atoms with van der Waals surface area (Å²) < 4.78 is 10.8. The summed E-state index contributed by atoms with van der Waals surface area (Å²) in [6.45, 7) is 1.41. The molecule has 17 heavy (non-hydrogen) atoms. The third-order valence-corrected chi connectivity index (χ3v) is 3.37. The van der Waals surface area contributed by atoms with Gasteiger partial charge in [0.05, 0.1) is 13.7 Å². The summed E-state index contributed by atoms with van der Waals surface area (Å²) in [5.74, 6) is 0.838. The molecule has 2 N–H and O–H groups in total. The highest BCUT2D eigenvalue weighted by Gasteiger charge is 2.29. The predicted molar refractivity (Wildman–Crippen MR) is 68.7 cm³/mol. The predicted octanol–water partition coefficient (Wildman–Crippen LogP) is 2.40. The normalized spacial score (nSPS) is 24.6. The first kappa shape index (κ1) is 12.7. The minimum Gasteiger partial charge on any atom is -0.496 e. The van der Waals surface area contributed by atoms with Crippen molar-refractivity contribution in [1.82, 2.24) is 0 Å². The highest BCUT2D eigenvalue weighted by atomic mass is 35.5. The van der Waals surface area contributed by atoms with Crippen LogP contribution >= 0.6 is 11.6 Å². The fourth-order valence-electron chi connectivity index (χ4n) is 2.28. The Bertz CT molecular complexity index is 389. The second-order valence-electron chi connectivity index (χ2n) is 4.65. The lowest BCUT2D eigenvalue weighted by Gasteiger charge is -2.33. The van der Waals surface area contributed by atoms with E-state index in [1.807, 2.05) is 18.2 Å². The fourth-order valence-corrected chi connectivity index (χ4v) is 2.47. The molecule has 1 heterocycles. The minimum absolute atomic E-state index is 0.295. The highest BCUT2D eigenvalue weighted by Crippen LogP contribution is 2.28. The Kier molecular flexibility index (Phi) is 3.92. The Morgan fingerprint density at radius 1 is 1.53 bits per heavy atom. The van der Waals surface area contributed by atoms with Gasteiger partial charge in [-0.3, -0.25) is 0 Å². The first-order valence-corrected chi connectivity index (χ1v) is 6.20. The molecule has 0 bridgehead atoms. The zero-order valence-corrected chi connectivity index (χ0v) is 10.8. The van der Waals surface area contributed by atoms with Crippen LogP contribution in [-0.4, -0.2) is 25.9 Å². The van der Waals surface area contributed by atoms with E-state index in [0.717, 1.165) is 37.2 Å². The van der Waals surface area contributed by atoms with Crippen molar-refractivity contribution in [2.45, 2.75) is 24.8 Å². The van der Waals surface area contributed by atoms with Crippen molar-refractivity contribution >= 4 is 11.6 Å². The van der Waals surface area contributed by atoms with Crippen LogP contribution in [0.4, 0.5) is 0 Å². The molecule has 1 fully saturated rings. The Balaban J connectivity index is 2.19. The van der Waals surface area contributed by atoms with E-state index in [0.29, 0.717) is 11.6 Å². The molecule has 0 aliphatic carbocycles. The van der Waals surface area contributed by atoms with Crippen molar-refractivity contribution in [3.8, 4) is 5.75 Å². The van der Waals surface area contributed by atoms with Crippen LogP contribution in [0.1, 0.15) is 18.4 Å². The molecule has 1 unspecified atom stereocenters. The summed E-state index contributed by atoms with van der Waals surface area (Å²) >= 11 is 6.01. The Hall–Kier alpha value is -0.770. The SMILES string of the molecule is COc1ccc(Cl)cc1CC1(N)CCCOC1. The lowest BCUT2D eigenvalue weighted by atomic mass is 9.86. The van der Waals surface area contributed by atoms with E-state index in [1.54, 1.807) is 7.11 Å². The van der Waals surface area contributed by atoms with Gasteiger partial charge < -0.3 is 15.2 Å². The van der Waals surface area contributed by atoms with Crippen molar-refractivity contribution in [3.63, 3.8) is 0 Å². The number of methoxy groups -OCH3 is 1. The fraction of sp³-hybridized carbons (Fsp3) is 0.538. The van der Waals surface area contributed by atoms with Gasteiger partial charge in [0.1, 0.15) is 5.75 Å². The van der Waals surface area contributed by atoms with Gasteiger partial charge in [-0.2, -0.15) is 0 Å². The topological polar surface area (TPSA) is 44.5 Å². The Labute approximate surface area is 107 Å². The van der Waals surface area contributed by atoms with E-state index in [9.17, 15) is 0 Å². The zero-order chi connectivity index (χ0) is 12.3. The van der Waals surface area contributed by atoms with Gasteiger partial charge in [-0.05, 0) is 43.0 Å². The standard InChI is InChI=1S/C13H18ClNO2/c1-16-12-4-3-11(14)7-10(12)8-13(15)5-2-6-17-9-13/h3-4,7H,2,5-6,8-9,15H2,1H3. The summed E-state index contributed by atoms with van der Waals surface area (Å²) in [6.07, 6.45) is 2.72. The van der Waals surface area contributed by atoms with Gasteiger partial charge in [0.25, 0.3) is 0 Å². The molecule has 1 atom stereocenters. The molecule has 0 radical (unpaired) electrons. The van der Waals surface area contributed by atoms with E-state index < -0.39 is 0 Å². The smallest absolute Gasteiger partial charge is 0.122 e. The average molecular weight is 256 g/mol. The summed E-state index contributed by atoms with van der Waals surface area (Å²) in [6, 6.07) is 5.62. The van der Waals surface area contributed by atoms with Crippen molar-refractivity contribution in [3.05, 3.63) is 28.8 Å². The van der Waals surface area contributed by atoms with Gasteiger partial charge in [0.15, 0.2) is 0 Å². The summed E-state index contributed by atoms with van der Waals surface area (Å²) in [5.41, 5.74) is 7.09. The number of nitrogens with two attached hydrogens (primary N) is 1. The zero-order valence-electron chi connectivity index (χ0n) is 10.0. The second-order valence-corrected chi connectivity index (χ2v) is 5.09. The molecule has 1 aromatic carbocycles. The van der Waals surface area contributed by atoms with Gasteiger partial charge in [-0.25, -0.2) is 0 Å². The first-order chi connectivity index (χ1) is 8.13. The number of rotatable bonds is 3. The van der Waals surface area contributed by atoms with Crippen molar-refractivity contribution in [1.29, 1.82) is 0 Å². The van der Waals surface area contributed by atoms with E-state index in [2.05, 4.69) is 0 Å². The van der Waals surface area contributed by atoms with Crippen molar-refractivity contribution < 1.29 is 9.47 Å².